The van der Waals surface area contributed by atoms with Gasteiger partial charge >= 0.3 is 12.2 Å². The zero-order chi connectivity index (χ0) is 27.9. The van der Waals surface area contributed by atoms with E-state index >= 15 is 0 Å². The Morgan fingerprint density at radius 2 is 1.56 bits per heavy atom. The number of amides is 2. The summed E-state index contributed by atoms with van der Waals surface area (Å²) in [5.41, 5.74) is 1.01. The van der Waals surface area contributed by atoms with E-state index in [2.05, 4.69) is 28.1 Å². The molecule has 1 aromatic heterocycles. The zero-order valence-corrected chi connectivity index (χ0v) is 21.1. The highest BCUT2D eigenvalue weighted by atomic mass is 32.1. The number of hydrogen-bond acceptors (Lipinski definition) is 12. The van der Waals surface area contributed by atoms with Crippen LogP contribution in [0.3, 0.4) is 0 Å². The summed E-state index contributed by atoms with van der Waals surface area (Å²) in [6.45, 7) is -0.00996. The van der Waals surface area contributed by atoms with Crippen molar-refractivity contribution >= 4 is 36.2 Å². The van der Waals surface area contributed by atoms with Crippen LogP contribution in [-0.2, 0) is 29.2 Å². The maximum Gasteiger partial charge on any atom is 0.410 e. The average Bonchev–Trinajstić information content (AvgIpc) is 3.56. The minimum atomic E-state index is -0.757. The van der Waals surface area contributed by atoms with Crippen molar-refractivity contribution in [3.63, 3.8) is 0 Å². The van der Waals surface area contributed by atoms with Gasteiger partial charge in [0, 0.05) is 36.1 Å². The Kier molecular flexibility index (Phi) is 8.55. The monoisotopic (exact) mass is 558 g/mol. The van der Waals surface area contributed by atoms with Crippen LogP contribution in [0.15, 0.2) is 53.1 Å². The number of benzene rings is 2. The van der Waals surface area contributed by atoms with Crippen molar-refractivity contribution in [2.45, 2.75) is 37.5 Å². The fraction of sp³-hybridized carbons (Fsp3) is 0.304. The van der Waals surface area contributed by atoms with Crippen LogP contribution in [0.25, 0.3) is 0 Å². The minimum absolute atomic E-state index is 0.0676. The molecule has 3 aromatic rings. The van der Waals surface area contributed by atoms with Gasteiger partial charge in [0.15, 0.2) is 5.82 Å². The molecular formula is C23H22N6O9S. The SMILES string of the molecule is O=C(NCc1noc([C@@H]2C[C@H](S)CN2C(=O)OCc2ccc([N+](=O)[O-])cc2)n1)OCc1ccc([N+](=O)[O-])cc1. The van der Waals surface area contributed by atoms with Gasteiger partial charge in [-0.25, -0.2) is 9.59 Å². The highest BCUT2D eigenvalue weighted by Gasteiger charge is 2.39. The predicted octanol–water partition coefficient (Wildman–Crippen LogP) is 3.69. The maximum atomic E-state index is 12.8. The highest BCUT2D eigenvalue weighted by molar-refractivity contribution is 7.81. The molecular weight excluding hydrogens is 536 g/mol. The van der Waals surface area contributed by atoms with E-state index in [-0.39, 0.29) is 54.6 Å². The van der Waals surface area contributed by atoms with E-state index in [1.165, 1.54) is 53.4 Å². The maximum absolute atomic E-state index is 12.8. The van der Waals surface area contributed by atoms with E-state index in [1.807, 2.05) is 0 Å². The average molecular weight is 559 g/mol. The van der Waals surface area contributed by atoms with Crippen LogP contribution in [0.4, 0.5) is 21.0 Å². The lowest BCUT2D eigenvalue weighted by atomic mass is 10.2. The normalized spacial score (nSPS) is 16.5. The fourth-order valence-corrected chi connectivity index (χ4v) is 4.11. The third-order valence-electron chi connectivity index (χ3n) is 5.70. The number of nitrogens with one attached hydrogen (secondary N) is 1. The molecule has 0 radical (unpaired) electrons. The molecule has 1 N–H and O–H groups in total. The molecule has 0 bridgehead atoms. The molecule has 1 fully saturated rings. The second kappa shape index (κ2) is 12.2. The van der Waals surface area contributed by atoms with Gasteiger partial charge in [0.2, 0.25) is 5.89 Å². The van der Waals surface area contributed by atoms with Gasteiger partial charge in [-0.05, 0) is 41.8 Å². The standard InChI is InChI=1S/C23H22N6O9S/c30-22(36-12-14-1-5-16(6-2-14)28(32)33)24-10-20-25-21(38-26-20)19-9-18(39)11-27(19)23(31)37-13-15-3-7-17(8-4-15)29(34)35/h1-8,18-19,39H,9-13H2,(H,24,30)/t18-,19-/m0/s1. The molecule has 204 valence electrons. The summed E-state index contributed by atoms with van der Waals surface area (Å²) in [4.78, 5) is 50.9. The van der Waals surface area contributed by atoms with Crippen LogP contribution in [0.2, 0.25) is 0 Å². The first-order valence-corrected chi connectivity index (χ1v) is 12.0. The first-order valence-electron chi connectivity index (χ1n) is 11.5. The molecule has 2 heterocycles. The number of non-ortho nitro benzene ring substituents is 2. The number of ether oxygens (including phenoxy) is 2. The smallest absolute Gasteiger partial charge is 0.410 e. The molecule has 2 amide bonds. The van der Waals surface area contributed by atoms with Crippen LogP contribution in [0.5, 0.6) is 0 Å². The molecule has 16 heteroatoms. The summed E-state index contributed by atoms with van der Waals surface area (Å²) in [7, 11) is 0. The van der Waals surface area contributed by atoms with Crippen LogP contribution in [0.1, 0.15) is 35.3 Å². The number of rotatable bonds is 9. The Balaban J connectivity index is 1.27. The topological polar surface area (TPSA) is 193 Å². The molecule has 0 spiro atoms. The van der Waals surface area contributed by atoms with Crippen molar-refractivity contribution in [3.8, 4) is 0 Å². The van der Waals surface area contributed by atoms with Crippen molar-refractivity contribution in [1.29, 1.82) is 0 Å². The molecule has 2 aromatic carbocycles. The van der Waals surface area contributed by atoms with Crippen molar-refractivity contribution in [1.82, 2.24) is 20.4 Å². The Morgan fingerprint density at radius 1 is 1.00 bits per heavy atom. The summed E-state index contributed by atoms with van der Waals surface area (Å²) in [5.74, 6) is 0.300. The second-order valence-corrected chi connectivity index (χ2v) is 9.17. The Morgan fingerprint density at radius 3 is 2.13 bits per heavy atom. The molecule has 1 aliphatic heterocycles. The molecule has 39 heavy (non-hydrogen) atoms. The van der Waals surface area contributed by atoms with Crippen LogP contribution >= 0.6 is 12.6 Å². The van der Waals surface area contributed by atoms with Gasteiger partial charge in [0.05, 0.1) is 16.4 Å². The molecule has 0 unspecified atom stereocenters. The van der Waals surface area contributed by atoms with Crippen molar-refractivity contribution < 1.29 is 33.4 Å². The predicted molar refractivity (Wildman–Crippen MR) is 135 cm³/mol. The lowest BCUT2D eigenvalue weighted by molar-refractivity contribution is -0.385. The lowest BCUT2D eigenvalue weighted by Gasteiger charge is -2.21. The number of carbonyl (C=O) groups is 2. The molecule has 4 rings (SSSR count). The lowest BCUT2D eigenvalue weighted by Crippen LogP contribution is -2.32. The van der Waals surface area contributed by atoms with Gasteiger partial charge in [-0.15, -0.1) is 0 Å². The fourth-order valence-electron chi connectivity index (χ4n) is 3.73. The first kappa shape index (κ1) is 27.3. The zero-order valence-electron chi connectivity index (χ0n) is 20.2. The minimum Gasteiger partial charge on any atom is -0.445 e. The third kappa shape index (κ3) is 7.19. The molecule has 1 aliphatic rings. The van der Waals surface area contributed by atoms with Crippen LogP contribution in [-0.4, -0.2) is 48.9 Å². The molecule has 15 nitrogen and oxygen atoms in total. The number of nitro benzene ring substituents is 2. The number of nitro groups is 2. The number of alkyl carbamates (subject to hydrolysis) is 1. The molecule has 1 saturated heterocycles. The molecule has 0 aliphatic carbocycles. The van der Waals surface area contributed by atoms with Crippen molar-refractivity contribution in [2.75, 3.05) is 6.54 Å². The first-order chi connectivity index (χ1) is 18.7. The van der Waals surface area contributed by atoms with E-state index in [9.17, 15) is 29.8 Å². The van der Waals surface area contributed by atoms with E-state index in [1.54, 1.807) is 0 Å². The van der Waals surface area contributed by atoms with Gasteiger partial charge in [-0.1, -0.05) is 5.16 Å². The number of likely N-dealkylation sites (tertiary alicyclic amines) is 1. The van der Waals surface area contributed by atoms with Crippen LogP contribution in [0, 0.1) is 20.2 Å². The number of nitrogens with zero attached hydrogens (tertiary/aromatic N) is 5. The number of carbonyl (C=O) groups excluding carboxylic acids is 2. The molecule has 2 atom stereocenters. The Labute approximate surface area is 225 Å². The van der Waals surface area contributed by atoms with Gasteiger partial charge in [-0.2, -0.15) is 17.6 Å². The largest absolute Gasteiger partial charge is 0.445 e. The summed E-state index contributed by atoms with van der Waals surface area (Å²) in [6.07, 6.45) is -0.961. The molecule has 0 saturated carbocycles. The summed E-state index contributed by atoms with van der Waals surface area (Å²) in [5, 5.41) is 27.6. The van der Waals surface area contributed by atoms with E-state index in [0.717, 1.165) is 0 Å². The van der Waals surface area contributed by atoms with E-state index in [0.29, 0.717) is 17.5 Å². The van der Waals surface area contributed by atoms with Gasteiger partial charge in [0.25, 0.3) is 11.4 Å². The quantitative estimate of drug-likeness (QED) is 0.221. The summed E-state index contributed by atoms with van der Waals surface area (Å²) < 4.78 is 15.8. The number of aromatic nitrogens is 2. The van der Waals surface area contributed by atoms with Gasteiger partial charge in [-0.3, -0.25) is 25.1 Å². The summed E-state index contributed by atoms with van der Waals surface area (Å²) >= 11 is 4.46. The summed E-state index contributed by atoms with van der Waals surface area (Å²) in [6, 6.07) is 10.6. The van der Waals surface area contributed by atoms with Crippen molar-refractivity contribution in [2.24, 2.45) is 0 Å². The highest BCUT2D eigenvalue weighted by Crippen LogP contribution is 2.34. The Bertz CT molecular complexity index is 1350. The van der Waals surface area contributed by atoms with E-state index in [4.69, 9.17) is 14.0 Å². The van der Waals surface area contributed by atoms with Gasteiger partial charge < -0.3 is 19.3 Å². The van der Waals surface area contributed by atoms with E-state index < -0.39 is 28.1 Å². The third-order valence-corrected chi connectivity index (χ3v) is 6.07. The van der Waals surface area contributed by atoms with Crippen LogP contribution < -0.4 is 5.32 Å². The second-order valence-electron chi connectivity index (χ2n) is 8.44. The van der Waals surface area contributed by atoms with Crippen molar-refractivity contribution in [3.05, 3.63) is 91.6 Å². The number of hydrogen-bond donors (Lipinski definition) is 2. The Hall–Kier alpha value is -4.73. The van der Waals surface area contributed by atoms with Gasteiger partial charge in [0.1, 0.15) is 19.3 Å². The number of thiol groups is 1.